The number of amides is 1. The number of carbonyl (C=O) groups is 1. The first-order valence-electron chi connectivity index (χ1n) is 5.67. The lowest BCUT2D eigenvalue weighted by Crippen LogP contribution is -2.41. The number of nitrogens with one attached hydrogen (secondary N) is 1. The van der Waals surface area contributed by atoms with E-state index in [1.54, 1.807) is 0 Å². The van der Waals surface area contributed by atoms with Crippen LogP contribution in [0.3, 0.4) is 0 Å². The van der Waals surface area contributed by atoms with Crippen molar-refractivity contribution in [3.8, 4) is 5.75 Å². The third kappa shape index (κ3) is 4.62. The number of ether oxygens (including phenoxy) is 1. The number of sulfonamides is 1. The maximum absolute atomic E-state index is 13.0. The van der Waals surface area contributed by atoms with Crippen LogP contribution in [0.5, 0.6) is 5.75 Å². The topological polar surface area (TPSA) is 125 Å². The first kappa shape index (κ1) is 17.3. The van der Waals surface area contributed by atoms with E-state index in [0.29, 0.717) is 0 Å². The first-order valence-corrected chi connectivity index (χ1v) is 7.22. The van der Waals surface area contributed by atoms with Gasteiger partial charge >= 0.3 is 0 Å². The zero-order valence-electron chi connectivity index (χ0n) is 11.1. The van der Waals surface area contributed by atoms with Gasteiger partial charge in [-0.05, 0) is 18.2 Å². The molecule has 0 atom stereocenters. The number of primary sulfonamides is 1. The third-order valence-corrected chi connectivity index (χ3v) is 3.46. The van der Waals surface area contributed by atoms with Crippen LogP contribution >= 0.6 is 0 Å². The second kappa shape index (κ2) is 6.33. The van der Waals surface area contributed by atoms with Crippen molar-refractivity contribution in [2.24, 2.45) is 10.9 Å². The predicted molar refractivity (Wildman–Crippen MR) is 70.7 cm³/mol. The molecular weight excluding hydrogens is 308 g/mol. The Labute approximate surface area is 120 Å². The zero-order valence-corrected chi connectivity index (χ0v) is 11.9. The average molecular weight is 323 g/mol. The average Bonchev–Trinajstić information content (AvgIpc) is 2.43. The summed E-state index contributed by atoms with van der Waals surface area (Å²) in [4.78, 5) is 11.5. The molecule has 5 N–H and O–H groups in total. The van der Waals surface area contributed by atoms with Gasteiger partial charge < -0.3 is 15.8 Å². The maximum atomic E-state index is 13.0. The Bertz CT molecular complexity index is 634. The molecule has 0 aliphatic carbocycles. The minimum atomic E-state index is -4.04. The molecule has 1 aromatic carbocycles. The lowest BCUT2D eigenvalue weighted by molar-refractivity contribution is 0.0118. The summed E-state index contributed by atoms with van der Waals surface area (Å²) in [5.74, 6) is -4.16. The lowest BCUT2D eigenvalue weighted by Gasteiger charge is -2.15. The zero-order chi connectivity index (χ0) is 16.3. The molecule has 0 radical (unpaired) electrons. The van der Waals surface area contributed by atoms with Gasteiger partial charge in [0.15, 0.2) is 0 Å². The van der Waals surface area contributed by atoms with E-state index in [2.05, 4.69) is 0 Å². The van der Waals surface area contributed by atoms with Gasteiger partial charge in [0, 0.05) is 0 Å². The van der Waals surface area contributed by atoms with Crippen molar-refractivity contribution >= 4 is 15.9 Å². The molecule has 0 spiro atoms. The van der Waals surface area contributed by atoms with Crippen molar-refractivity contribution < 1.29 is 26.7 Å². The molecule has 10 heteroatoms. The van der Waals surface area contributed by atoms with Crippen LogP contribution in [0.25, 0.3) is 0 Å². The Morgan fingerprint density at radius 3 is 2.52 bits per heavy atom. The van der Waals surface area contributed by atoms with Gasteiger partial charge in [-0.1, -0.05) is 0 Å². The first-order chi connectivity index (χ1) is 9.60. The number of alkyl halides is 2. The van der Waals surface area contributed by atoms with E-state index in [9.17, 15) is 22.0 Å². The summed E-state index contributed by atoms with van der Waals surface area (Å²) in [6.45, 7) is -1.91. The molecule has 0 saturated carbocycles. The normalized spacial score (nSPS) is 12.0. The fourth-order valence-corrected chi connectivity index (χ4v) is 1.96. The molecule has 0 aliphatic rings. The largest absolute Gasteiger partial charge is 0.496 e. The summed E-state index contributed by atoms with van der Waals surface area (Å²) in [5, 5.41) is 6.90. The number of methoxy groups -OCH3 is 1. The van der Waals surface area contributed by atoms with Crippen molar-refractivity contribution in [3.05, 3.63) is 23.8 Å². The van der Waals surface area contributed by atoms with Gasteiger partial charge in [-0.3, -0.25) is 4.79 Å². The van der Waals surface area contributed by atoms with Gasteiger partial charge in [-0.2, -0.15) is 0 Å². The van der Waals surface area contributed by atoms with E-state index in [-0.39, 0.29) is 16.2 Å². The molecule has 0 saturated heterocycles. The quantitative estimate of drug-likeness (QED) is 0.661. The van der Waals surface area contributed by atoms with E-state index in [4.69, 9.17) is 15.6 Å². The molecule has 118 valence electrons. The van der Waals surface area contributed by atoms with Crippen molar-refractivity contribution in [2.75, 3.05) is 20.2 Å². The monoisotopic (exact) mass is 323 g/mol. The predicted octanol–water partition coefficient (Wildman–Crippen LogP) is -0.334. The van der Waals surface area contributed by atoms with Gasteiger partial charge in [0.2, 0.25) is 10.0 Å². The van der Waals surface area contributed by atoms with Gasteiger partial charge in [-0.25, -0.2) is 22.3 Å². The Hall–Kier alpha value is -1.78. The van der Waals surface area contributed by atoms with E-state index >= 15 is 0 Å². The Morgan fingerprint density at radius 2 is 2.05 bits per heavy atom. The fourth-order valence-electron chi connectivity index (χ4n) is 1.42. The summed E-state index contributed by atoms with van der Waals surface area (Å²) < 4.78 is 53.3. The van der Waals surface area contributed by atoms with Crippen LogP contribution in [-0.4, -0.2) is 40.4 Å². The number of hydrogen-bond donors (Lipinski definition) is 3. The molecule has 0 aliphatic heterocycles. The number of nitrogens with two attached hydrogens (primary N) is 2. The van der Waals surface area contributed by atoms with E-state index in [1.165, 1.54) is 13.2 Å². The minimum Gasteiger partial charge on any atom is -0.496 e. The van der Waals surface area contributed by atoms with Crippen LogP contribution in [0.15, 0.2) is 23.1 Å². The molecule has 0 fully saturated rings. The smallest absolute Gasteiger partial charge is 0.277 e. The highest BCUT2D eigenvalue weighted by Crippen LogP contribution is 2.22. The fraction of sp³-hybridized carbons (Fsp3) is 0.364. The summed E-state index contributed by atoms with van der Waals surface area (Å²) in [6, 6.07) is 3.29. The van der Waals surface area contributed by atoms with Crippen LogP contribution in [0.2, 0.25) is 0 Å². The van der Waals surface area contributed by atoms with Gasteiger partial charge in [0.05, 0.1) is 30.7 Å². The number of rotatable bonds is 6. The molecular formula is C11H15F2N3O4S. The van der Waals surface area contributed by atoms with E-state index in [1.807, 2.05) is 5.32 Å². The molecule has 1 aromatic rings. The summed E-state index contributed by atoms with van der Waals surface area (Å²) in [7, 11) is -2.79. The van der Waals surface area contributed by atoms with Crippen molar-refractivity contribution in [2.45, 2.75) is 10.8 Å². The molecule has 1 amide bonds. The van der Waals surface area contributed by atoms with Gasteiger partial charge in [0.25, 0.3) is 11.8 Å². The molecule has 21 heavy (non-hydrogen) atoms. The van der Waals surface area contributed by atoms with Crippen LogP contribution in [0.4, 0.5) is 8.78 Å². The second-order valence-electron chi connectivity index (χ2n) is 4.15. The summed E-state index contributed by atoms with van der Waals surface area (Å²) >= 11 is 0. The number of carbonyl (C=O) groups excluding carboxylic acids is 1. The Morgan fingerprint density at radius 1 is 1.43 bits per heavy atom. The molecule has 7 nitrogen and oxygen atoms in total. The van der Waals surface area contributed by atoms with Crippen LogP contribution in [0, 0.1) is 0 Å². The molecule has 0 unspecified atom stereocenters. The Kier molecular flexibility index (Phi) is 5.20. The van der Waals surface area contributed by atoms with Gasteiger partial charge in [-0.15, -0.1) is 0 Å². The number of hydrogen-bond acceptors (Lipinski definition) is 5. The van der Waals surface area contributed by atoms with E-state index < -0.39 is 34.9 Å². The summed E-state index contributed by atoms with van der Waals surface area (Å²) in [6.07, 6.45) is 0. The summed E-state index contributed by atoms with van der Waals surface area (Å²) in [5.41, 5.74) is 4.62. The second-order valence-corrected chi connectivity index (χ2v) is 5.71. The van der Waals surface area contributed by atoms with Gasteiger partial charge in [0.1, 0.15) is 5.75 Å². The molecule has 0 heterocycles. The Balaban J connectivity index is 3.07. The van der Waals surface area contributed by atoms with Crippen molar-refractivity contribution in [1.29, 1.82) is 0 Å². The molecule has 1 rings (SSSR count). The third-order valence-electron chi connectivity index (χ3n) is 2.55. The van der Waals surface area contributed by atoms with Crippen LogP contribution in [-0.2, 0) is 10.0 Å². The van der Waals surface area contributed by atoms with Crippen molar-refractivity contribution in [1.82, 2.24) is 5.32 Å². The molecule has 0 bridgehead atoms. The maximum Gasteiger partial charge on any atom is 0.277 e. The van der Waals surface area contributed by atoms with E-state index in [0.717, 1.165) is 12.1 Å². The highest BCUT2D eigenvalue weighted by Gasteiger charge is 2.28. The van der Waals surface area contributed by atoms with Crippen LogP contribution < -0.4 is 20.9 Å². The number of halogens is 2. The highest BCUT2D eigenvalue weighted by atomic mass is 32.2. The molecule has 0 aromatic heterocycles. The lowest BCUT2D eigenvalue weighted by atomic mass is 10.2. The minimum absolute atomic E-state index is 0.0240. The van der Waals surface area contributed by atoms with Crippen molar-refractivity contribution in [3.63, 3.8) is 0 Å². The number of benzene rings is 1. The highest BCUT2D eigenvalue weighted by molar-refractivity contribution is 7.89. The van der Waals surface area contributed by atoms with Crippen LogP contribution in [0.1, 0.15) is 10.4 Å². The standard InChI is InChI=1S/C11H15F2N3O4S/c1-20-9-3-2-7(21(15,18)19)4-8(9)10(17)16-6-11(12,13)5-14/h2-4H,5-6,14H2,1H3,(H,16,17)(H2,15,18,19). The SMILES string of the molecule is COc1ccc(S(N)(=O)=O)cc1C(=O)NCC(F)(F)CN.